The number of nitrogens with zero attached hydrogens (tertiary/aromatic N) is 1. The number of hydrogen-bond acceptors (Lipinski definition) is 4. The summed E-state index contributed by atoms with van der Waals surface area (Å²) in [6.07, 6.45) is 0.163. The van der Waals surface area contributed by atoms with Crippen LogP contribution in [-0.4, -0.2) is 21.3 Å². The maximum atomic E-state index is 10.2. The van der Waals surface area contributed by atoms with Gasteiger partial charge in [0.25, 0.3) is 0 Å². The number of nitro groups is 1. The van der Waals surface area contributed by atoms with E-state index in [4.69, 9.17) is 16.7 Å². The van der Waals surface area contributed by atoms with E-state index in [9.17, 15) is 14.9 Å². The minimum absolute atomic E-state index is 0.176. The number of hydrogen-bond donors (Lipinski definition) is 1. The standard InChI is InChI=1S/C6H6O.C5H8ClNO3/c7-6-4-2-1-3-5-6;1-2-4(7(9)10)3-5(6)8/h1-5,7H;4H,2-3H2,1H3. The van der Waals surface area contributed by atoms with Crippen molar-refractivity contribution in [1.82, 2.24) is 0 Å². The predicted octanol–water partition coefficient (Wildman–Crippen LogP) is 2.59. The van der Waals surface area contributed by atoms with Crippen molar-refractivity contribution in [2.45, 2.75) is 25.8 Å². The van der Waals surface area contributed by atoms with Crippen molar-refractivity contribution in [1.29, 1.82) is 0 Å². The van der Waals surface area contributed by atoms with Gasteiger partial charge in [-0.3, -0.25) is 14.9 Å². The van der Waals surface area contributed by atoms with Gasteiger partial charge in [0.1, 0.15) is 5.75 Å². The van der Waals surface area contributed by atoms with Gasteiger partial charge in [0.05, 0.1) is 6.42 Å². The van der Waals surface area contributed by atoms with Crippen LogP contribution in [-0.2, 0) is 4.79 Å². The van der Waals surface area contributed by atoms with Gasteiger partial charge in [-0.25, -0.2) is 0 Å². The average molecular weight is 260 g/mol. The van der Waals surface area contributed by atoms with Gasteiger partial charge in [-0.15, -0.1) is 0 Å². The first-order valence-electron chi connectivity index (χ1n) is 5.03. The fourth-order valence-electron chi connectivity index (χ4n) is 0.981. The fourth-order valence-corrected chi connectivity index (χ4v) is 1.16. The van der Waals surface area contributed by atoms with E-state index in [-0.39, 0.29) is 6.42 Å². The van der Waals surface area contributed by atoms with E-state index in [0.29, 0.717) is 12.2 Å². The summed E-state index contributed by atoms with van der Waals surface area (Å²) in [6, 6.07) is 7.90. The highest BCUT2D eigenvalue weighted by molar-refractivity contribution is 6.63. The van der Waals surface area contributed by atoms with E-state index in [1.54, 1.807) is 31.2 Å². The molecule has 1 N–H and O–H groups in total. The summed E-state index contributed by atoms with van der Waals surface area (Å²) in [5.74, 6) is 0.322. The van der Waals surface area contributed by atoms with Gasteiger partial charge in [0.15, 0.2) is 0 Å². The van der Waals surface area contributed by atoms with Gasteiger partial charge in [-0.1, -0.05) is 25.1 Å². The maximum absolute atomic E-state index is 10.2. The van der Waals surface area contributed by atoms with E-state index in [1.807, 2.05) is 6.07 Å². The zero-order valence-corrected chi connectivity index (χ0v) is 10.1. The Bertz CT molecular complexity index is 356. The molecule has 0 aliphatic carbocycles. The number of carbonyl (C=O) groups excluding carboxylic acids is 1. The topological polar surface area (TPSA) is 80.4 Å². The van der Waals surface area contributed by atoms with Crippen molar-refractivity contribution < 1.29 is 14.8 Å². The van der Waals surface area contributed by atoms with Crippen molar-refractivity contribution in [3.8, 4) is 5.75 Å². The van der Waals surface area contributed by atoms with Crippen LogP contribution in [0.3, 0.4) is 0 Å². The summed E-state index contributed by atoms with van der Waals surface area (Å²) in [6.45, 7) is 1.65. The maximum Gasteiger partial charge on any atom is 0.228 e. The Morgan fingerprint density at radius 2 is 2.00 bits per heavy atom. The second-order valence-corrected chi connectivity index (χ2v) is 3.66. The van der Waals surface area contributed by atoms with Gasteiger partial charge in [-0.2, -0.15) is 0 Å². The molecule has 1 rings (SSSR count). The lowest BCUT2D eigenvalue weighted by atomic mass is 10.2. The fraction of sp³-hybridized carbons (Fsp3) is 0.364. The first-order chi connectivity index (χ1) is 7.97. The monoisotopic (exact) mass is 259 g/mol. The van der Waals surface area contributed by atoms with Gasteiger partial charge >= 0.3 is 0 Å². The second-order valence-electron chi connectivity index (χ2n) is 3.24. The van der Waals surface area contributed by atoms with Crippen molar-refractivity contribution >= 4 is 16.8 Å². The summed E-state index contributed by atoms with van der Waals surface area (Å²) >= 11 is 4.95. The molecule has 94 valence electrons. The summed E-state index contributed by atoms with van der Waals surface area (Å²) < 4.78 is 0. The van der Waals surface area contributed by atoms with Crippen molar-refractivity contribution in [2.75, 3.05) is 0 Å². The zero-order valence-electron chi connectivity index (χ0n) is 9.38. The minimum Gasteiger partial charge on any atom is -0.508 e. The number of halogens is 1. The smallest absolute Gasteiger partial charge is 0.228 e. The lowest BCUT2D eigenvalue weighted by Gasteiger charge is -2.01. The number of carbonyl (C=O) groups is 1. The zero-order chi connectivity index (χ0) is 13.3. The SMILES string of the molecule is CCC(CC(=O)Cl)[N+](=O)[O-].Oc1ccccc1. The Hall–Kier alpha value is -1.62. The van der Waals surface area contributed by atoms with Crippen LogP contribution in [0.4, 0.5) is 0 Å². The van der Waals surface area contributed by atoms with Crippen molar-refractivity contribution in [3.05, 3.63) is 40.4 Å². The molecule has 0 aromatic heterocycles. The van der Waals surface area contributed by atoms with Gasteiger partial charge in [-0.05, 0) is 23.7 Å². The molecule has 0 spiro atoms. The Balaban J connectivity index is 0.000000318. The van der Waals surface area contributed by atoms with Gasteiger partial charge in [0.2, 0.25) is 11.3 Å². The molecule has 0 bridgehead atoms. The first kappa shape index (κ1) is 15.4. The van der Waals surface area contributed by atoms with E-state index < -0.39 is 16.2 Å². The Morgan fingerprint density at radius 1 is 1.47 bits per heavy atom. The van der Waals surface area contributed by atoms with Crippen LogP contribution in [0.25, 0.3) is 0 Å². The third-order valence-electron chi connectivity index (χ3n) is 1.92. The van der Waals surface area contributed by atoms with Crippen LogP contribution in [0.15, 0.2) is 30.3 Å². The molecule has 0 radical (unpaired) electrons. The third kappa shape index (κ3) is 8.21. The number of aromatic hydroxyl groups is 1. The lowest BCUT2D eigenvalue weighted by molar-refractivity contribution is -0.521. The molecule has 5 nitrogen and oxygen atoms in total. The normalized spacial score (nSPS) is 10.9. The van der Waals surface area contributed by atoms with E-state index in [1.165, 1.54) is 0 Å². The summed E-state index contributed by atoms with van der Waals surface area (Å²) in [7, 11) is 0. The van der Waals surface area contributed by atoms with Crippen LogP contribution in [0, 0.1) is 10.1 Å². The minimum atomic E-state index is -0.815. The largest absolute Gasteiger partial charge is 0.508 e. The van der Waals surface area contributed by atoms with Crippen LogP contribution in [0.1, 0.15) is 19.8 Å². The molecular weight excluding hydrogens is 246 g/mol. The number of rotatable bonds is 4. The van der Waals surface area contributed by atoms with E-state index >= 15 is 0 Å². The molecule has 1 aromatic carbocycles. The van der Waals surface area contributed by atoms with Crippen LogP contribution >= 0.6 is 11.6 Å². The predicted molar refractivity (Wildman–Crippen MR) is 64.7 cm³/mol. The van der Waals surface area contributed by atoms with Crippen LogP contribution in [0.2, 0.25) is 0 Å². The highest BCUT2D eigenvalue weighted by Gasteiger charge is 2.19. The molecule has 6 heteroatoms. The third-order valence-corrected chi connectivity index (χ3v) is 2.08. The van der Waals surface area contributed by atoms with Crippen molar-refractivity contribution in [2.24, 2.45) is 0 Å². The molecule has 0 saturated heterocycles. The molecule has 1 unspecified atom stereocenters. The number of phenols is 1. The first-order valence-corrected chi connectivity index (χ1v) is 5.41. The van der Waals surface area contributed by atoms with Gasteiger partial charge < -0.3 is 5.11 Å². The molecule has 17 heavy (non-hydrogen) atoms. The average Bonchev–Trinajstić information content (AvgIpc) is 2.27. The second kappa shape index (κ2) is 8.52. The van der Waals surface area contributed by atoms with Crippen molar-refractivity contribution in [3.63, 3.8) is 0 Å². The van der Waals surface area contributed by atoms with E-state index in [0.717, 1.165) is 0 Å². The van der Waals surface area contributed by atoms with Gasteiger partial charge in [0, 0.05) is 11.3 Å². The molecule has 0 heterocycles. The van der Waals surface area contributed by atoms with Crippen LogP contribution < -0.4 is 0 Å². The molecule has 1 atom stereocenters. The Kier molecular flexibility index (Phi) is 7.71. The molecule has 0 amide bonds. The molecule has 1 aromatic rings. The molecule has 0 fully saturated rings. The highest BCUT2D eigenvalue weighted by atomic mass is 35.5. The lowest BCUT2D eigenvalue weighted by Crippen LogP contribution is -2.20. The van der Waals surface area contributed by atoms with E-state index in [2.05, 4.69) is 0 Å². The molecular formula is C11H14ClNO4. The Labute approximate surface area is 104 Å². The summed E-state index contributed by atoms with van der Waals surface area (Å²) in [4.78, 5) is 19.8. The summed E-state index contributed by atoms with van der Waals surface area (Å²) in [5, 5.41) is 18.0. The number of phenolic OH excluding ortho intramolecular Hbond substituents is 1. The molecule has 0 aliphatic heterocycles. The van der Waals surface area contributed by atoms with Crippen LogP contribution in [0.5, 0.6) is 5.75 Å². The summed E-state index contributed by atoms with van der Waals surface area (Å²) in [5.41, 5.74) is 0. The number of para-hydroxylation sites is 1. The number of benzene rings is 1. The Morgan fingerprint density at radius 3 is 2.18 bits per heavy atom. The molecule has 0 aliphatic rings. The quantitative estimate of drug-likeness (QED) is 0.512. The highest BCUT2D eigenvalue weighted by Crippen LogP contribution is 2.04. The molecule has 0 saturated carbocycles.